The number of nitrogens with one attached hydrogen (secondary N) is 1. The minimum Gasteiger partial charge on any atom is -0.350 e. The van der Waals surface area contributed by atoms with Crippen LogP contribution in [0.5, 0.6) is 0 Å². The largest absolute Gasteiger partial charge is 0.350 e. The van der Waals surface area contributed by atoms with Crippen LogP contribution in [-0.2, 0) is 13.5 Å². The molecule has 2 fully saturated rings. The first-order valence-electron chi connectivity index (χ1n) is 13.7. The molecule has 1 aliphatic carbocycles. The van der Waals surface area contributed by atoms with Crippen LogP contribution in [0.3, 0.4) is 0 Å². The Labute approximate surface area is 232 Å². The van der Waals surface area contributed by atoms with E-state index in [1.54, 1.807) is 12.3 Å². The SMILES string of the molecule is CC1CC(F)=CC=C1Cc1cn(C)c2cc(C(=O)N3CC(NC[C@H]4CCN(C(=O)c5nccs5)C4)C3)ccc12. The quantitative estimate of drug-likeness (QED) is 0.471. The molecule has 0 bridgehead atoms. The lowest BCUT2D eigenvalue weighted by Crippen LogP contribution is -2.60. The monoisotopic (exact) mass is 547 g/mol. The maximum Gasteiger partial charge on any atom is 0.282 e. The Balaban J connectivity index is 1.02. The lowest BCUT2D eigenvalue weighted by Gasteiger charge is -2.40. The lowest BCUT2D eigenvalue weighted by atomic mass is 9.88. The van der Waals surface area contributed by atoms with Crippen molar-refractivity contribution in [2.24, 2.45) is 18.9 Å². The summed E-state index contributed by atoms with van der Waals surface area (Å²) in [4.78, 5) is 33.7. The average molecular weight is 548 g/mol. The zero-order chi connectivity index (χ0) is 27.1. The van der Waals surface area contributed by atoms with Gasteiger partial charge in [-0.25, -0.2) is 9.37 Å². The van der Waals surface area contributed by atoms with E-state index >= 15 is 0 Å². The topological polar surface area (TPSA) is 70.5 Å². The van der Waals surface area contributed by atoms with Gasteiger partial charge in [0.1, 0.15) is 5.83 Å². The second-order valence-electron chi connectivity index (χ2n) is 11.2. The number of likely N-dealkylation sites (tertiary alicyclic amines) is 2. The third-order valence-corrected chi connectivity index (χ3v) is 9.14. The average Bonchev–Trinajstić information content (AvgIpc) is 3.66. The Morgan fingerprint density at radius 3 is 2.77 bits per heavy atom. The van der Waals surface area contributed by atoms with E-state index in [0.29, 0.717) is 36.0 Å². The molecule has 2 amide bonds. The minimum atomic E-state index is -0.0555. The fourth-order valence-electron chi connectivity index (χ4n) is 5.99. The summed E-state index contributed by atoms with van der Waals surface area (Å²) in [6.07, 6.45) is 9.53. The van der Waals surface area contributed by atoms with E-state index in [2.05, 4.69) is 34.1 Å². The number of nitrogens with zero attached hydrogens (tertiary/aromatic N) is 4. The molecular formula is C30H34FN5O2S. The number of hydrogen-bond acceptors (Lipinski definition) is 5. The van der Waals surface area contributed by atoms with E-state index in [1.165, 1.54) is 22.5 Å². The standard InChI is InChI=1S/C30H34FN5O2S/c1-19-11-24(31)5-3-21(19)12-23-16-34(2)27-13-22(4-6-26(23)27)29(37)36-17-25(18-36)33-14-20-7-9-35(15-20)30(38)28-32-8-10-39-28/h3-6,8,10,13,16,19-20,25,33H,7,9,11-12,14-15,17-18H2,1-2H3/t19?,20-/m1/s1. The van der Waals surface area contributed by atoms with E-state index in [0.717, 1.165) is 43.4 Å². The van der Waals surface area contributed by atoms with E-state index < -0.39 is 0 Å². The Bertz CT molecular complexity index is 1450. The molecule has 0 spiro atoms. The highest BCUT2D eigenvalue weighted by atomic mass is 32.1. The highest BCUT2D eigenvalue weighted by molar-refractivity contribution is 7.11. The predicted molar refractivity (Wildman–Crippen MR) is 151 cm³/mol. The number of aromatic nitrogens is 2. The zero-order valence-corrected chi connectivity index (χ0v) is 23.2. The van der Waals surface area contributed by atoms with Crippen LogP contribution in [0, 0.1) is 11.8 Å². The van der Waals surface area contributed by atoms with Crippen LogP contribution in [-0.4, -0.2) is 69.9 Å². The molecule has 0 saturated carbocycles. The van der Waals surface area contributed by atoms with Crippen LogP contribution < -0.4 is 5.32 Å². The third-order valence-electron chi connectivity index (χ3n) is 8.38. The number of halogens is 1. The Kier molecular flexibility index (Phi) is 7.12. The molecule has 1 aromatic carbocycles. The molecule has 0 radical (unpaired) electrons. The fourth-order valence-corrected chi connectivity index (χ4v) is 6.59. The predicted octanol–water partition coefficient (Wildman–Crippen LogP) is 4.57. The van der Waals surface area contributed by atoms with Crippen LogP contribution in [0.15, 0.2) is 59.5 Å². The summed E-state index contributed by atoms with van der Waals surface area (Å²) < 4.78 is 15.7. The molecule has 39 heavy (non-hydrogen) atoms. The van der Waals surface area contributed by atoms with Crippen molar-refractivity contribution in [1.82, 2.24) is 24.7 Å². The number of thiazole rings is 1. The summed E-state index contributed by atoms with van der Waals surface area (Å²) in [6, 6.07) is 6.26. The number of fused-ring (bicyclic) bond motifs is 1. The van der Waals surface area contributed by atoms with Crippen LogP contribution >= 0.6 is 11.3 Å². The molecule has 204 valence electrons. The van der Waals surface area contributed by atoms with Crippen molar-refractivity contribution in [2.75, 3.05) is 32.7 Å². The van der Waals surface area contributed by atoms with Crippen LogP contribution in [0.25, 0.3) is 10.9 Å². The highest BCUT2D eigenvalue weighted by Gasteiger charge is 2.33. The van der Waals surface area contributed by atoms with Crippen molar-refractivity contribution in [1.29, 1.82) is 0 Å². The summed E-state index contributed by atoms with van der Waals surface area (Å²) in [6.45, 7) is 5.84. The molecule has 2 atom stereocenters. The first-order valence-corrected chi connectivity index (χ1v) is 14.6. The van der Waals surface area contributed by atoms with Crippen molar-refractivity contribution >= 4 is 34.1 Å². The molecule has 6 rings (SSSR count). The van der Waals surface area contributed by atoms with Gasteiger partial charge in [0.15, 0.2) is 5.01 Å². The Hall–Kier alpha value is -3.30. The first-order chi connectivity index (χ1) is 18.9. The minimum absolute atomic E-state index is 0.0309. The maximum absolute atomic E-state index is 13.6. The van der Waals surface area contributed by atoms with Crippen LogP contribution in [0.1, 0.15) is 45.5 Å². The Morgan fingerprint density at radius 1 is 1.15 bits per heavy atom. The molecule has 2 aromatic heterocycles. The molecular weight excluding hydrogens is 513 g/mol. The molecule has 9 heteroatoms. The lowest BCUT2D eigenvalue weighted by molar-refractivity contribution is 0.0562. The van der Waals surface area contributed by atoms with Gasteiger partial charge in [-0.05, 0) is 48.4 Å². The normalized spacial score (nSPS) is 21.7. The van der Waals surface area contributed by atoms with Crippen LogP contribution in [0.4, 0.5) is 4.39 Å². The van der Waals surface area contributed by atoms with Gasteiger partial charge in [-0.3, -0.25) is 9.59 Å². The van der Waals surface area contributed by atoms with Crippen molar-refractivity contribution in [3.63, 3.8) is 0 Å². The Morgan fingerprint density at radius 2 is 2.00 bits per heavy atom. The summed E-state index contributed by atoms with van der Waals surface area (Å²) in [5, 5.41) is 7.13. The number of aryl methyl sites for hydroxylation is 1. The second kappa shape index (κ2) is 10.7. The van der Waals surface area contributed by atoms with Gasteiger partial charge in [-0.1, -0.05) is 24.6 Å². The zero-order valence-electron chi connectivity index (χ0n) is 22.4. The summed E-state index contributed by atoms with van der Waals surface area (Å²) >= 11 is 1.39. The molecule has 2 aliphatic heterocycles. The highest BCUT2D eigenvalue weighted by Crippen LogP contribution is 2.31. The molecule has 4 heterocycles. The number of amides is 2. The summed E-state index contributed by atoms with van der Waals surface area (Å²) in [5.41, 5.74) is 4.18. The summed E-state index contributed by atoms with van der Waals surface area (Å²) in [7, 11) is 2.01. The number of carbonyl (C=O) groups is 2. The molecule has 1 N–H and O–H groups in total. The number of rotatable bonds is 7. The van der Waals surface area contributed by atoms with Gasteiger partial charge in [0, 0.05) is 86.5 Å². The van der Waals surface area contributed by atoms with Gasteiger partial charge in [-0.2, -0.15) is 0 Å². The number of benzene rings is 1. The van der Waals surface area contributed by atoms with Gasteiger partial charge in [0.25, 0.3) is 11.8 Å². The summed E-state index contributed by atoms with van der Waals surface area (Å²) in [5.74, 6) is 0.652. The van der Waals surface area contributed by atoms with Crippen LogP contribution in [0.2, 0.25) is 0 Å². The van der Waals surface area contributed by atoms with Gasteiger partial charge in [-0.15, -0.1) is 11.3 Å². The van der Waals surface area contributed by atoms with Crippen molar-refractivity contribution in [3.8, 4) is 0 Å². The van der Waals surface area contributed by atoms with E-state index in [-0.39, 0.29) is 29.6 Å². The maximum atomic E-state index is 13.6. The number of hydrogen-bond donors (Lipinski definition) is 1. The molecule has 2 saturated heterocycles. The van der Waals surface area contributed by atoms with E-state index in [9.17, 15) is 14.0 Å². The van der Waals surface area contributed by atoms with Crippen molar-refractivity contribution < 1.29 is 14.0 Å². The van der Waals surface area contributed by atoms with Crippen molar-refractivity contribution in [2.45, 2.75) is 32.2 Å². The first kappa shape index (κ1) is 26.0. The molecule has 3 aromatic rings. The van der Waals surface area contributed by atoms with Gasteiger partial charge in [0.2, 0.25) is 0 Å². The molecule has 1 unspecified atom stereocenters. The van der Waals surface area contributed by atoms with Gasteiger partial charge < -0.3 is 19.7 Å². The third kappa shape index (κ3) is 5.30. The number of carbonyl (C=O) groups excluding carboxylic acids is 2. The second-order valence-corrected chi connectivity index (χ2v) is 12.1. The number of allylic oxidation sites excluding steroid dienone is 4. The van der Waals surface area contributed by atoms with Crippen molar-refractivity contribution in [3.05, 3.63) is 75.7 Å². The smallest absolute Gasteiger partial charge is 0.282 e. The van der Waals surface area contributed by atoms with E-state index in [4.69, 9.17) is 0 Å². The van der Waals surface area contributed by atoms with E-state index in [1.807, 2.05) is 40.4 Å². The molecule has 7 nitrogen and oxygen atoms in total. The fraction of sp³-hybridized carbons (Fsp3) is 0.433. The van der Waals surface area contributed by atoms with Gasteiger partial charge in [0.05, 0.1) is 0 Å². The van der Waals surface area contributed by atoms with Gasteiger partial charge >= 0.3 is 0 Å². The molecule has 3 aliphatic rings.